The maximum atomic E-state index is 12.2. The molecule has 1 aromatic carbocycles. The molecule has 0 amide bonds. The van der Waals surface area contributed by atoms with Crippen molar-refractivity contribution in [3.63, 3.8) is 0 Å². The molecule has 0 fully saturated rings. The minimum Gasteiger partial charge on any atom is -0.467 e. The third-order valence-corrected chi connectivity index (χ3v) is 2.79. The van der Waals surface area contributed by atoms with Crippen LogP contribution in [0.15, 0.2) is 64.1 Å². The van der Waals surface area contributed by atoms with Crippen molar-refractivity contribution in [1.29, 1.82) is 0 Å². The minimum absolute atomic E-state index is 0.0134. The fourth-order valence-electron chi connectivity index (χ4n) is 1.92. The van der Waals surface area contributed by atoms with E-state index in [1.807, 2.05) is 42.5 Å². The predicted molar refractivity (Wildman–Crippen MR) is 66.0 cm³/mol. The smallest absolute Gasteiger partial charge is 0.258 e. The summed E-state index contributed by atoms with van der Waals surface area (Å²) in [6.07, 6.45) is 3.41. The van der Waals surface area contributed by atoms with Gasteiger partial charge in [0.1, 0.15) is 5.76 Å². The summed E-state index contributed by atoms with van der Waals surface area (Å²) in [5.74, 6) is 0.780. The van der Waals surface area contributed by atoms with Crippen LogP contribution in [0.1, 0.15) is 5.76 Å². The molecule has 3 nitrogen and oxygen atoms in total. The number of hydrogen-bond donors (Lipinski definition) is 0. The van der Waals surface area contributed by atoms with Gasteiger partial charge in [-0.05, 0) is 29.7 Å². The number of nitrogens with zero attached hydrogens (tertiary/aromatic N) is 1. The Hall–Kier alpha value is -2.29. The fraction of sp³-hybridized carbons (Fsp3) is 0.0714. The minimum atomic E-state index is 0.0134. The second-order valence-electron chi connectivity index (χ2n) is 3.92. The lowest BCUT2D eigenvalue weighted by molar-refractivity contribution is 0.490. The van der Waals surface area contributed by atoms with Gasteiger partial charge in [0.15, 0.2) is 0 Å². The molecule has 0 unspecified atom stereocenters. The van der Waals surface area contributed by atoms with Crippen LogP contribution in [0.4, 0.5) is 0 Å². The van der Waals surface area contributed by atoms with E-state index in [0.29, 0.717) is 6.54 Å². The van der Waals surface area contributed by atoms with Gasteiger partial charge in [-0.2, -0.15) is 0 Å². The molecule has 0 aliphatic rings. The van der Waals surface area contributed by atoms with Crippen LogP contribution in [0, 0.1) is 0 Å². The normalized spacial score (nSPS) is 10.8. The first-order chi connectivity index (χ1) is 8.34. The van der Waals surface area contributed by atoms with Crippen LogP contribution < -0.4 is 5.56 Å². The molecule has 0 saturated heterocycles. The summed E-state index contributed by atoms with van der Waals surface area (Å²) < 4.78 is 6.90. The Kier molecular flexibility index (Phi) is 2.29. The zero-order valence-electron chi connectivity index (χ0n) is 9.17. The first-order valence-electron chi connectivity index (χ1n) is 5.45. The number of pyridine rings is 1. The highest BCUT2D eigenvalue weighted by Gasteiger charge is 2.03. The Bertz CT molecular complexity index is 696. The molecule has 0 saturated carbocycles. The lowest BCUT2D eigenvalue weighted by atomic mass is 10.2. The van der Waals surface area contributed by atoms with Crippen molar-refractivity contribution < 1.29 is 4.42 Å². The molecule has 2 aromatic heterocycles. The molecule has 0 radical (unpaired) electrons. The molecule has 2 heterocycles. The summed E-state index contributed by atoms with van der Waals surface area (Å²) in [6, 6.07) is 13.2. The number of aromatic nitrogens is 1. The largest absolute Gasteiger partial charge is 0.467 e. The van der Waals surface area contributed by atoms with Gasteiger partial charge in [0.2, 0.25) is 0 Å². The quantitative estimate of drug-likeness (QED) is 0.672. The number of fused-ring (bicyclic) bond motifs is 1. The molecule has 3 rings (SSSR count). The third kappa shape index (κ3) is 1.76. The van der Waals surface area contributed by atoms with Crippen molar-refractivity contribution in [3.05, 3.63) is 71.0 Å². The van der Waals surface area contributed by atoms with Gasteiger partial charge in [-0.1, -0.05) is 18.2 Å². The number of benzene rings is 1. The van der Waals surface area contributed by atoms with E-state index in [1.54, 1.807) is 17.0 Å². The van der Waals surface area contributed by atoms with Gasteiger partial charge < -0.3 is 8.98 Å². The zero-order valence-corrected chi connectivity index (χ0v) is 9.17. The third-order valence-electron chi connectivity index (χ3n) is 2.79. The topological polar surface area (TPSA) is 35.1 Å². The summed E-state index contributed by atoms with van der Waals surface area (Å²) in [4.78, 5) is 12.2. The monoisotopic (exact) mass is 225 g/mol. The zero-order chi connectivity index (χ0) is 11.7. The van der Waals surface area contributed by atoms with Crippen LogP contribution in [0.5, 0.6) is 0 Å². The second kappa shape index (κ2) is 3.94. The number of hydrogen-bond acceptors (Lipinski definition) is 2. The van der Waals surface area contributed by atoms with E-state index >= 15 is 0 Å². The number of rotatable bonds is 2. The van der Waals surface area contributed by atoms with Gasteiger partial charge in [-0.15, -0.1) is 0 Å². The van der Waals surface area contributed by atoms with Crippen LogP contribution in [-0.2, 0) is 6.54 Å². The van der Waals surface area contributed by atoms with Crippen molar-refractivity contribution in [2.45, 2.75) is 6.54 Å². The van der Waals surface area contributed by atoms with Gasteiger partial charge >= 0.3 is 0 Å². The van der Waals surface area contributed by atoms with Gasteiger partial charge in [0, 0.05) is 11.6 Å². The summed E-state index contributed by atoms with van der Waals surface area (Å²) in [6.45, 7) is 0.469. The van der Waals surface area contributed by atoms with E-state index < -0.39 is 0 Å². The summed E-state index contributed by atoms with van der Waals surface area (Å²) >= 11 is 0. The summed E-state index contributed by atoms with van der Waals surface area (Å²) in [5.41, 5.74) is 0.0134. The highest BCUT2D eigenvalue weighted by atomic mass is 16.3. The molecule has 3 aromatic rings. The first kappa shape index (κ1) is 9.90. The average Bonchev–Trinajstić information content (AvgIpc) is 2.86. The van der Waals surface area contributed by atoms with Crippen LogP contribution in [0.2, 0.25) is 0 Å². The molecule has 17 heavy (non-hydrogen) atoms. The van der Waals surface area contributed by atoms with E-state index in [-0.39, 0.29) is 5.56 Å². The van der Waals surface area contributed by atoms with E-state index in [1.165, 1.54) is 0 Å². The Labute approximate surface area is 97.9 Å². The highest BCUT2D eigenvalue weighted by Crippen LogP contribution is 2.09. The maximum absolute atomic E-state index is 12.2. The summed E-state index contributed by atoms with van der Waals surface area (Å²) in [5, 5.41) is 1.70. The molecular weight excluding hydrogens is 214 g/mol. The second-order valence-corrected chi connectivity index (χ2v) is 3.92. The van der Waals surface area contributed by atoms with Gasteiger partial charge in [-0.25, -0.2) is 0 Å². The van der Waals surface area contributed by atoms with E-state index in [0.717, 1.165) is 16.5 Å². The lowest BCUT2D eigenvalue weighted by Crippen LogP contribution is -2.19. The van der Waals surface area contributed by atoms with Gasteiger partial charge in [0.25, 0.3) is 5.56 Å². The van der Waals surface area contributed by atoms with E-state index in [2.05, 4.69) is 0 Å². The molecule has 0 spiro atoms. The molecular formula is C14H11NO2. The molecule has 3 heteroatoms. The highest BCUT2D eigenvalue weighted by molar-refractivity contribution is 5.81. The van der Waals surface area contributed by atoms with Crippen molar-refractivity contribution in [2.75, 3.05) is 0 Å². The van der Waals surface area contributed by atoms with Crippen molar-refractivity contribution in [3.8, 4) is 0 Å². The van der Waals surface area contributed by atoms with E-state index in [9.17, 15) is 4.79 Å². The lowest BCUT2D eigenvalue weighted by Gasteiger charge is -2.04. The Morgan fingerprint density at radius 3 is 2.76 bits per heavy atom. The Morgan fingerprint density at radius 1 is 1.06 bits per heavy atom. The van der Waals surface area contributed by atoms with Crippen LogP contribution >= 0.6 is 0 Å². The first-order valence-corrected chi connectivity index (χ1v) is 5.45. The van der Waals surface area contributed by atoms with Gasteiger partial charge in [-0.3, -0.25) is 4.79 Å². The van der Waals surface area contributed by atoms with Crippen molar-refractivity contribution in [1.82, 2.24) is 4.57 Å². The van der Waals surface area contributed by atoms with Crippen LogP contribution in [-0.4, -0.2) is 4.57 Å². The van der Waals surface area contributed by atoms with Crippen LogP contribution in [0.25, 0.3) is 10.8 Å². The summed E-state index contributed by atoms with van der Waals surface area (Å²) in [7, 11) is 0. The predicted octanol–water partition coefficient (Wildman–Crippen LogP) is 2.64. The maximum Gasteiger partial charge on any atom is 0.258 e. The molecule has 0 aliphatic heterocycles. The molecule has 0 atom stereocenters. The molecule has 84 valence electrons. The number of furan rings is 1. The Balaban J connectivity index is 2.12. The Morgan fingerprint density at radius 2 is 1.94 bits per heavy atom. The molecule has 0 bridgehead atoms. The SMILES string of the molecule is O=c1c2ccccc2ccn1Cc1ccco1. The standard InChI is InChI=1S/C14H11NO2/c16-14-13-6-2-1-4-11(13)7-8-15(14)10-12-5-3-9-17-12/h1-9H,10H2. The average molecular weight is 225 g/mol. The van der Waals surface area contributed by atoms with Crippen LogP contribution in [0.3, 0.4) is 0 Å². The van der Waals surface area contributed by atoms with Gasteiger partial charge in [0.05, 0.1) is 12.8 Å². The fourth-order valence-corrected chi connectivity index (χ4v) is 1.92. The molecule has 0 aliphatic carbocycles. The van der Waals surface area contributed by atoms with Crippen molar-refractivity contribution in [2.24, 2.45) is 0 Å². The van der Waals surface area contributed by atoms with Crippen molar-refractivity contribution >= 4 is 10.8 Å². The molecule has 0 N–H and O–H groups in total. The van der Waals surface area contributed by atoms with E-state index in [4.69, 9.17) is 4.42 Å².